The fraction of sp³-hybridized carbons (Fsp3) is 0.938. The van der Waals surface area contributed by atoms with Gasteiger partial charge in [0.05, 0.1) is 0 Å². The first-order chi connectivity index (χ1) is 8.82. The quantitative estimate of drug-likeness (QED) is 0.743. The summed E-state index contributed by atoms with van der Waals surface area (Å²) in [7, 11) is 0. The van der Waals surface area contributed by atoms with Gasteiger partial charge in [0.1, 0.15) is 0 Å². The molecule has 0 aromatic rings. The van der Waals surface area contributed by atoms with Gasteiger partial charge in [-0.05, 0) is 57.9 Å². The first-order valence-electron chi connectivity index (χ1n) is 7.79. The molecule has 0 amide bonds. The molecule has 1 aliphatic rings. The van der Waals surface area contributed by atoms with Crippen LogP contribution in [0.1, 0.15) is 72.6 Å². The molecule has 1 N–H and O–H groups in total. The number of carboxylic acid groups (broad SMARTS) is 1. The van der Waals surface area contributed by atoms with Gasteiger partial charge in [0, 0.05) is 18.5 Å². The molecule has 1 atom stereocenters. The standard InChI is InChI=1S/C16H31NO2/c1-13(2)17(12-6-8-15(18)19)14-7-5-10-16(3,4)11-9-14/h13-14H,5-12H2,1-4H3,(H,18,19). The van der Waals surface area contributed by atoms with E-state index in [1.54, 1.807) is 0 Å². The molecule has 0 bridgehead atoms. The Morgan fingerprint density at radius 1 is 1.32 bits per heavy atom. The van der Waals surface area contributed by atoms with E-state index in [-0.39, 0.29) is 0 Å². The van der Waals surface area contributed by atoms with Gasteiger partial charge in [-0.2, -0.15) is 0 Å². The summed E-state index contributed by atoms with van der Waals surface area (Å²) in [6.45, 7) is 10.1. The number of aliphatic carboxylic acids is 1. The smallest absolute Gasteiger partial charge is 0.303 e. The average molecular weight is 269 g/mol. The number of nitrogens with zero attached hydrogens (tertiary/aromatic N) is 1. The number of carbonyl (C=O) groups is 1. The predicted molar refractivity (Wildman–Crippen MR) is 79.4 cm³/mol. The van der Waals surface area contributed by atoms with E-state index in [1.807, 2.05) is 0 Å². The van der Waals surface area contributed by atoms with Crippen LogP contribution in [0.3, 0.4) is 0 Å². The van der Waals surface area contributed by atoms with Crippen LogP contribution in [0.5, 0.6) is 0 Å². The van der Waals surface area contributed by atoms with Crippen LogP contribution in [0.15, 0.2) is 0 Å². The molecule has 0 aromatic carbocycles. The van der Waals surface area contributed by atoms with Gasteiger partial charge in [0.25, 0.3) is 0 Å². The first-order valence-corrected chi connectivity index (χ1v) is 7.79. The van der Waals surface area contributed by atoms with Crippen molar-refractivity contribution < 1.29 is 9.90 Å². The predicted octanol–water partition coefficient (Wildman–Crippen LogP) is 3.92. The van der Waals surface area contributed by atoms with E-state index in [9.17, 15) is 4.79 Å². The average Bonchev–Trinajstić information content (AvgIpc) is 2.45. The molecule has 1 aliphatic carbocycles. The molecule has 3 heteroatoms. The van der Waals surface area contributed by atoms with E-state index in [0.717, 1.165) is 13.0 Å². The molecule has 0 saturated heterocycles. The maximum Gasteiger partial charge on any atom is 0.303 e. The van der Waals surface area contributed by atoms with Crippen molar-refractivity contribution in [1.82, 2.24) is 4.90 Å². The van der Waals surface area contributed by atoms with E-state index >= 15 is 0 Å². The van der Waals surface area contributed by atoms with Crippen LogP contribution in [0.4, 0.5) is 0 Å². The molecule has 1 unspecified atom stereocenters. The van der Waals surface area contributed by atoms with Crippen molar-refractivity contribution in [3.63, 3.8) is 0 Å². The Kier molecular flexibility index (Phi) is 6.31. The lowest BCUT2D eigenvalue weighted by atomic mass is 9.85. The minimum Gasteiger partial charge on any atom is -0.481 e. The van der Waals surface area contributed by atoms with Gasteiger partial charge in [-0.3, -0.25) is 9.69 Å². The highest BCUT2D eigenvalue weighted by atomic mass is 16.4. The number of rotatable bonds is 6. The molecular weight excluding hydrogens is 238 g/mol. The first kappa shape index (κ1) is 16.5. The zero-order valence-electron chi connectivity index (χ0n) is 13.1. The highest BCUT2D eigenvalue weighted by Crippen LogP contribution is 2.35. The summed E-state index contributed by atoms with van der Waals surface area (Å²) in [5, 5.41) is 8.77. The van der Waals surface area contributed by atoms with E-state index in [2.05, 4.69) is 32.6 Å². The lowest BCUT2D eigenvalue weighted by molar-refractivity contribution is -0.137. The van der Waals surface area contributed by atoms with Crippen LogP contribution in [0, 0.1) is 5.41 Å². The lowest BCUT2D eigenvalue weighted by Crippen LogP contribution is -2.41. The van der Waals surface area contributed by atoms with Gasteiger partial charge in [-0.25, -0.2) is 0 Å². The van der Waals surface area contributed by atoms with E-state index in [4.69, 9.17) is 5.11 Å². The topological polar surface area (TPSA) is 40.5 Å². The van der Waals surface area contributed by atoms with Crippen LogP contribution in [-0.4, -0.2) is 34.6 Å². The molecule has 1 saturated carbocycles. The zero-order chi connectivity index (χ0) is 14.5. The summed E-state index contributed by atoms with van der Waals surface area (Å²) >= 11 is 0. The van der Waals surface area contributed by atoms with Crippen LogP contribution < -0.4 is 0 Å². The van der Waals surface area contributed by atoms with Gasteiger partial charge in [0.15, 0.2) is 0 Å². The molecule has 1 fully saturated rings. The SMILES string of the molecule is CC(C)N(CCCC(=O)O)C1CCCC(C)(C)CC1. The summed E-state index contributed by atoms with van der Waals surface area (Å²) < 4.78 is 0. The number of carboxylic acids is 1. The van der Waals surface area contributed by atoms with Crippen LogP contribution in [0.2, 0.25) is 0 Å². The van der Waals surface area contributed by atoms with Crippen molar-refractivity contribution in [3.05, 3.63) is 0 Å². The Bertz CT molecular complexity index is 286. The molecule has 112 valence electrons. The van der Waals surface area contributed by atoms with E-state index in [0.29, 0.717) is 23.9 Å². The molecule has 19 heavy (non-hydrogen) atoms. The summed E-state index contributed by atoms with van der Waals surface area (Å²) in [5.74, 6) is -0.675. The van der Waals surface area contributed by atoms with Gasteiger partial charge < -0.3 is 5.11 Å². The highest BCUT2D eigenvalue weighted by molar-refractivity contribution is 5.66. The third-order valence-electron chi connectivity index (χ3n) is 4.48. The third-order valence-corrected chi connectivity index (χ3v) is 4.48. The van der Waals surface area contributed by atoms with Crippen molar-refractivity contribution in [3.8, 4) is 0 Å². The Morgan fingerprint density at radius 3 is 2.58 bits per heavy atom. The fourth-order valence-corrected chi connectivity index (χ4v) is 3.25. The van der Waals surface area contributed by atoms with Crippen molar-refractivity contribution in [2.75, 3.05) is 6.54 Å². The molecule has 0 heterocycles. The largest absolute Gasteiger partial charge is 0.481 e. The fourth-order valence-electron chi connectivity index (χ4n) is 3.25. The molecule has 3 nitrogen and oxygen atoms in total. The van der Waals surface area contributed by atoms with Gasteiger partial charge >= 0.3 is 5.97 Å². The minimum atomic E-state index is -0.675. The molecule has 0 spiro atoms. The maximum absolute atomic E-state index is 10.6. The van der Waals surface area contributed by atoms with Crippen LogP contribution >= 0.6 is 0 Å². The highest BCUT2D eigenvalue weighted by Gasteiger charge is 2.28. The zero-order valence-corrected chi connectivity index (χ0v) is 13.1. The van der Waals surface area contributed by atoms with E-state index in [1.165, 1.54) is 32.1 Å². The van der Waals surface area contributed by atoms with Gasteiger partial charge in [-0.15, -0.1) is 0 Å². The van der Waals surface area contributed by atoms with Crippen molar-refractivity contribution in [1.29, 1.82) is 0 Å². The summed E-state index contributed by atoms with van der Waals surface area (Å²) in [6.07, 6.45) is 7.52. The molecule has 0 aromatic heterocycles. The third kappa shape index (κ3) is 5.94. The summed E-state index contributed by atoms with van der Waals surface area (Å²) in [5.41, 5.74) is 0.485. The number of hydrogen-bond acceptors (Lipinski definition) is 2. The maximum atomic E-state index is 10.6. The molecule has 0 aliphatic heterocycles. The van der Waals surface area contributed by atoms with Gasteiger partial charge in [0.2, 0.25) is 0 Å². The molecule has 0 radical (unpaired) electrons. The van der Waals surface area contributed by atoms with Gasteiger partial charge in [-0.1, -0.05) is 20.3 Å². The normalized spacial score (nSPS) is 23.6. The summed E-state index contributed by atoms with van der Waals surface area (Å²) in [6, 6.07) is 1.16. The Labute approximate surface area is 118 Å². The Hall–Kier alpha value is -0.570. The lowest BCUT2D eigenvalue weighted by Gasteiger charge is -2.35. The van der Waals surface area contributed by atoms with E-state index < -0.39 is 5.97 Å². The molecular formula is C16H31NO2. The van der Waals surface area contributed by atoms with Crippen molar-refractivity contribution in [2.24, 2.45) is 5.41 Å². The Balaban J connectivity index is 2.53. The molecule has 1 rings (SSSR count). The second-order valence-corrected chi connectivity index (χ2v) is 7.08. The van der Waals surface area contributed by atoms with Crippen molar-refractivity contribution >= 4 is 5.97 Å². The van der Waals surface area contributed by atoms with Crippen LogP contribution in [0.25, 0.3) is 0 Å². The van der Waals surface area contributed by atoms with Crippen molar-refractivity contribution in [2.45, 2.75) is 84.7 Å². The van der Waals surface area contributed by atoms with Crippen LogP contribution in [-0.2, 0) is 4.79 Å². The monoisotopic (exact) mass is 269 g/mol. The summed E-state index contributed by atoms with van der Waals surface area (Å²) in [4.78, 5) is 13.2. The second kappa shape index (κ2) is 7.28. The second-order valence-electron chi connectivity index (χ2n) is 7.08. The minimum absolute atomic E-state index is 0.293. The number of hydrogen-bond donors (Lipinski definition) is 1. The Morgan fingerprint density at radius 2 is 2.00 bits per heavy atom.